The molecule has 0 fully saturated rings. The van der Waals surface area contributed by atoms with E-state index < -0.39 is 0 Å². The maximum atomic E-state index is 12.1. The van der Waals surface area contributed by atoms with E-state index in [-0.39, 0.29) is 12.5 Å². The summed E-state index contributed by atoms with van der Waals surface area (Å²) in [6, 6.07) is 12.8. The minimum absolute atomic E-state index is 0.0420. The molecule has 0 aliphatic rings. The first-order valence-electron chi connectivity index (χ1n) is 6.21. The molecule has 2 heterocycles. The smallest absolute Gasteiger partial charge is 0.275 e. The van der Waals surface area contributed by atoms with E-state index in [9.17, 15) is 4.79 Å². The van der Waals surface area contributed by atoms with Gasteiger partial charge in [0.2, 0.25) is 0 Å². The Labute approximate surface area is 115 Å². The predicted octanol–water partition coefficient (Wildman–Crippen LogP) is 2.08. The van der Waals surface area contributed by atoms with Gasteiger partial charge < -0.3 is 14.8 Å². The lowest BCUT2D eigenvalue weighted by atomic mass is 10.3. The van der Waals surface area contributed by atoms with Crippen LogP contribution in [-0.4, -0.2) is 20.4 Å². The first-order chi connectivity index (χ1) is 9.76. The Kier molecular flexibility index (Phi) is 3.18. The van der Waals surface area contributed by atoms with Gasteiger partial charge in [-0.2, -0.15) is 0 Å². The normalized spacial score (nSPS) is 10.7. The summed E-state index contributed by atoms with van der Waals surface area (Å²) in [5, 5.41) is 11.9. The minimum Gasteiger partial charge on any atom is -0.392 e. The molecule has 0 spiro atoms. The fourth-order valence-electron chi connectivity index (χ4n) is 1.96. The van der Waals surface area contributed by atoms with Gasteiger partial charge in [0.05, 0.1) is 6.61 Å². The molecule has 0 bridgehead atoms. The first-order valence-corrected chi connectivity index (χ1v) is 6.21. The SMILES string of the molecule is O=C(Nc1ccccc1)c1cn2cc(CO)ccc2n1. The van der Waals surface area contributed by atoms with E-state index in [1.165, 1.54) is 0 Å². The first kappa shape index (κ1) is 12.4. The van der Waals surface area contributed by atoms with Gasteiger partial charge in [-0.3, -0.25) is 4.79 Å². The third-order valence-electron chi connectivity index (χ3n) is 2.96. The summed E-state index contributed by atoms with van der Waals surface area (Å²) in [5.74, 6) is -0.259. The van der Waals surface area contributed by atoms with Gasteiger partial charge >= 0.3 is 0 Å². The number of aromatic nitrogens is 2. The van der Waals surface area contributed by atoms with Crippen LogP contribution in [0.25, 0.3) is 5.65 Å². The van der Waals surface area contributed by atoms with Crippen molar-refractivity contribution in [3.8, 4) is 0 Å². The Morgan fingerprint density at radius 2 is 1.95 bits per heavy atom. The van der Waals surface area contributed by atoms with Gasteiger partial charge in [-0.1, -0.05) is 24.3 Å². The molecule has 0 aliphatic carbocycles. The van der Waals surface area contributed by atoms with Crippen LogP contribution in [0.5, 0.6) is 0 Å². The van der Waals surface area contributed by atoms with Crippen LogP contribution in [0.3, 0.4) is 0 Å². The summed E-state index contributed by atoms with van der Waals surface area (Å²) in [7, 11) is 0. The second kappa shape index (κ2) is 5.14. The number of hydrogen-bond donors (Lipinski definition) is 2. The molecule has 3 rings (SSSR count). The van der Waals surface area contributed by atoms with E-state index in [0.29, 0.717) is 11.3 Å². The third kappa shape index (κ3) is 2.39. The zero-order valence-corrected chi connectivity index (χ0v) is 10.7. The van der Waals surface area contributed by atoms with Crippen molar-refractivity contribution in [3.63, 3.8) is 0 Å². The average Bonchev–Trinajstić information content (AvgIpc) is 2.91. The number of hydrogen-bond acceptors (Lipinski definition) is 3. The Morgan fingerprint density at radius 1 is 1.15 bits per heavy atom. The number of fused-ring (bicyclic) bond motifs is 1. The summed E-state index contributed by atoms with van der Waals surface area (Å²) < 4.78 is 1.73. The summed E-state index contributed by atoms with van der Waals surface area (Å²) >= 11 is 0. The van der Waals surface area contributed by atoms with Crippen LogP contribution >= 0.6 is 0 Å². The highest BCUT2D eigenvalue weighted by Gasteiger charge is 2.11. The number of nitrogens with one attached hydrogen (secondary N) is 1. The van der Waals surface area contributed by atoms with E-state index in [4.69, 9.17) is 5.11 Å². The zero-order valence-electron chi connectivity index (χ0n) is 10.7. The molecule has 0 aliphatic heterocycles. The maximum absolute atomic E-state index is 12.1. The highest BCUT2D eigenvalue weighted by atomic mass is 16.3. The number of carbonyl (C=O) groups is 1. The van der Waals surface area contributed by atoms with Crippen molar-refractivity contribution in [2.45, 2.75) is 6.61 Å². The predicted molar refractivity (Wildman–Crippen MR) is 75.5 cm³/mol. The number of imidazole rings is 1. The Morgan fingerprint density at radius 3 is 2.70 bits per heavy atom. The Hall–Kier alpha value is -2.66. The number of rotatable bonds is 3. The number of carbonyl (C=O) groups excluding carboxylic acids is 1. The second-order valence-electron chi connectivity index (χ2n) is 4.41. The van der Waals surface area contributed by atoms with Crippen molar-refractivity contribution in [1.29, 1.82) is 0 Å². The molecule has 0 atom stereocenters. The van der Waals surface area contributed by atoms with Gasteiger partial charge in [0.1, 0.15) is 11.3 Å². The molecular weight excluding hydrogens is 254 g/mol. The van der Waals surface area contributed by atoms with Crippen molar-refractivity contribution >= 4 is 17.2 Å². The number of pyridine rings is 1. The van der Waals surface area contributed by atoms with Crippen LogP contribution in [0, 0.1) is 0 Å². The molecule has 5 heteroatoms. The Balaban J connectivity index is 1.88. The van der Waals surface area contributed by atoms with E-state index in [1.54, 1.807) is 28.9 Å². The standard InChI is InChI=1S/C15H13N3O2/c19-10-11-6-7-14-17-13(9-18(14)8-11)15(20)16-12-4-2-1-3-5-12/h1-9,19H,10H2,(H,16,20). The van der Waals surface area contributed by atoms with Crippen molar-refractivity contribution in [3.05, 3.63) is 66.1 Å². The number of benzene rings is 1. The molecule has 100 valence electrons. The molecule has 1 amide bonds. The molecule has 0 saturated carbocycles. The van der Waals surface area contributed by atoms with Crippen molar-refractivity contribution < 1.29 is 9.90 Å². The molecule has 0 saturated heterocycles. The number of aliphatic hydroxyl groups is 1. The molecule has 0 unspecified atom stereocenters. The van der Waals surface area contributed by atoms with Gasteiger partial charge in [-0.05, 0) is 23.8 Å². The van der Waals surface area contributed by atoms with Crippen molar-refractivity contribution in [2.75, 3.05) is 5.32 Å². The minimum atomic E-state index is -0.259. The highest BCUT2D eigenvalue weighted by molar-refractivity contribution is 6.03. The van der Waals surface area contributed by atoms with Crippen LogP contribution in [0.4, 0.5) is 5.69 Å². The van der Waals surface area contributed by atoms with E-state index in [0.717, 1.165) is 11.3 Å². The third-order valence-corrected chi connectivity index (χ3v) is 2.96. The van der Waals surface area contributed by atoms with E-state index >= 15 is 0 Å². The van der Waals surface area contributed by atoms with Crippen LogP contribution < -0.4 is 5.32 Å². The summed E-state index contributed by atoms with van der Waals surface area (Å²) in [4.78, 5) is 16.4. The van der Waals surface area contributed by atoms with Crippen LogP contribution in [0.1, 0.15) is 16.1 Å². The zero-order chi connectivity index (χ0) is 13.9. The van der Waals surface area contributed by atoms with Crippen LogP contribution in [0.15, 0.2) is 54.9 Å². The fraction of sp³-hybridized carbons (Fsp3) is 0.0667. The topological polar surface area (TPSA) is 66.6 Å². The summed E-state index contributed by atoms with van der Waals surface area (Å²) in [5.41, 5.74) is 2.50. The summed E-state index contributed by atoms with van der Waals surface area (Å²) in [6.07, 6.45) is 3.40. The lowest BCUT2D eigenvalue weighted by molar-refractivity contribution is 0.102. The molecule has 2 N–H and O–H groups in total. The molecule has 0 radical (unpaired) electrons. The van der Waals surface area contributed by atoms with Crippen LogP contribution in [-0.2, 0) is 6.61 Å². The number of para-hydroxylation sites is 1. The Bertz CT molecular complexity index is 750. The second-order valence-corrected chi connectivity index (χ2v) is 4.41. The van der Waals surface area contributed by atoms with E-state index in [2.05, 4.69) is 10.3 Å². The van der Waals surface area contributed by atoms with Crippen molar-refractivity contribution in [1.82, 2.24) is 9.38 Å². The summed E-state index contributed by atoms with van der Waals surface area (Å²) in [6.45, 7) is -0.0420. The number of amides is 1. The van der Waals surface area contributed by atoms with Crippen LogP contribution in [0.2, 0.25) is 0 Å². The fourth-order valence-corrected chi connectivity index (χ4v) is 1.96. The monoisotopic (exact) mass is 267 g/mol. The molecule has 20 heavy (non-hydrogen) atoms. The quantitative estimate of drug-likeness (QED) is 0.763. The van der Waals surface area contributed by atoms with Gasteiger partial charge in [-0.15, -0.1) is 0 Å². The number of aliphatic hydroxyl groups excluding tert-OH is 1. The van der Waals surface area contributed by atoms with Crippen molar-refractivity contribution in [2.24, 2.45) is 0 Å². The molecule has 3 aromatic rings. The molecule has 5 nitrogen and oxygen atoms in total. The van der Waals surface area contributed by atoms with Gasteiger partial charge in [0, 0.05) is 18.1 Å². The lowest BCUT2D eigenvalue weighted by Crippen LogP contribution is -2.11. The maximum Gasteiger partial charge on any atom is 0.275 e. The highest BCUT2D eigenvalue weighted by Crippen LogP contribution is 2.11. The number of nitrogens with zero attached hydrogens (tertiary/aromatic N) is 2. The van der Waals surface area contributed by atoms with Gasteiger partial charge in [-0.25, -0.2) is 4.98 Å². The molecular formula is C15H13N3O2. The lowest BCUT2D eigenvalue weighted by Gasteiger charge is -2.01. The van der Waals surface area contributed by atoms with Gasteiger partial charge in [0.15, 0.2) is 0 Å². The average molecular weight is 267 g/mol. The molecule has 2 aromatic heterocycles. The van der Waals surface area contributed by atoms with Gasteiger partial charge in [0.25, 0.3) is 5.91 Å². The van der Waals surface area contributed by atoms with E-state index in [1.807, 2.05) is 30.3 Å². The number of anilines is 1. The molecule has 1 aromatic carbocycles. The largest absolute Gasteiger partial charge is 0.392 e.